The van der Waals surface area contributed by atoms with Crippen LogP contribution in [0.4, 0.5) is 0 Å². The van der Waals surface area contributed by atoms with E-state index in [-0.39, 0.29) is 5.56 Å². The van der Waals surface area contributed by atoms with Crippen LogP contribution in [0.25, 0.3) is 0 Å². The van der Waals surface area contributed by atoms with Crippen LogP contribution in [0.5, 0.6) is 0 Å². The summed E-state index contributed by atoms with van der Waals surface area (Å²) in [6.45, 7) is 0. The number of ether oxygens (including phenoxy) is 2. The lowest BCUT2D eigenvalue weighted by molar-refractivity contribution is -0.179. The number of Topliss-reactive ketones (excluding diaryl/α,β-unsaturated/α-hetero) is 1. The lowest BCUT2D eigenvalue weighted by atomic mass is 9.87. The van der Waals surface area contributed by atoms with Gasteiger partial charge >= 0.3 is 11.9 Å². The highest BCUT2D eigenvalue weighted by atomic mass is 16.6. The Balaban J connectivity index is 3.29. The molecule has 0 saturated carbocycles. The molecule has 0 heterocycles. The van der Waals surface area contributed by atoms with Gasteiger partial charge < -0.3 is 19.7 Å². The van der Waals surface area contributed by atoms with Crippen LogP contribution in [0.3, 0.4) is 0 Å². The second-order valence-electron chi connectivity index (χ2n) is 3.88. The molecule has 0 spiro atoms. The van der Waals surface area contributed by atoms with Crippen LogP contribution in [-0.2, 0) is 19.1 Å². The first-order valence-corrected chi connectivity index (χ1v) is 5.56. The quantitative estimate of drug-likeness (QED) is 0.417. The lowest BCUT2D eigenvalue weighted by Crippen LogP contribution is -2.59. The lowest BCUT2D eigenvalue weighted by Gasteiger charge is -2.26. The van der Waals surface area contributed by atoms with Crippen molar-refractivity contribution in [2.75, 3.05) is 14.2 Å². The van der Waals surface area contributed by atoms with Crippen molar-refractivity contribution >= 4 is 17.7 Å². The van der Waals surface area contributed by atoms with Gasteiger partial charge in [-0.3, -0.25) is 4.79 Å². The van der Waals surface area contributed by atoms with Crippen LogP contribution >= 0.6 is 0 Å². The Labute approximate surface area is 114 Å². The fourth-order valence-electron chi connectivity index (χ4n) is 1.58. The average Bonchev–Trinajstić information content (AvgIpc) is 2.51. The topological polar surface area (TPSA) is 110 Å². The first kappa shape index (κ1) is 15.8. The van der Waals surface area contributed by atoms with Crippen LogP contribution in [0.1, 0.15) is 10.4 Å². The minimum atomic E-state index is -3.07. The summed E-state index contributed by atoms with van der Waals surface area (Å²) in [4.78, 5) is 35.2. The van der Waals surface area contributed by atoms with E-state index >= 15 is 0 Å². The Morgan fingerprint density at radius 1 is 1.10 bits per heavy atom. The van der Waals surface area contributed by atoms with Gasteiger partial charge in [0.25, 0.3) is 5.60 Å². The van der Waals surface area contributed by atoms with Crippen molar-refractivity contribution < 1.29 is 34.1 Å². The Morgan fingerprint density at radius 3 is 2.10 bits per heavy atom. The van der Waals surface area contributed by atoms with Gasteiger partial charge in [0.2, 0.25) is 5.78 Å². The van der Waals surface area contributed by atoms with Gasteiger partial charge in [-0.2, -0.15) is 0 Å². The summed E-state index contributed by atoms with van der Waals surface area (Å²) in [7, 11) is 1.85. The van der Waals surface area contributed by atoms with E-state index in [9.17, 15) is 24.6 Å². The number of carbonyl (C=O) groups is 3. The minimum absolute atomic E-state index is 0.0663. The number of aliphatic hydroxyl groups excluding tert-OH is 1. The van der Waals surface area contributed by atoms with Crippen molar-refractivity contribution in [2.24, 2.45) is 0 Å². The summed E-state index contributed by atoms with van der Waals surface area (Å²) in [5, 5.41) is 19.9. The molecule has 20 heavy (non-hydrogen) atoms. The maximum Gasteiger partial charge on any atom is 0.349 e. The van der Waals surface area contributed by atoms with Crippen LogP contribution in [0.15, 0.2) is 30.3 Å². The van der Waals surface area contributed by atoms with E-state index in [2.05, 4.69) is 9.47 Å². The number of methoxy groups -OCH3 is 2. The number of ketones is 1. The predicted octanol–water partition coefficient (Wildman–Crippen LogP) is -0.693. The van der Waals surface area contributed by atoms with Crippen molar-refractivity contribution in [2.45, 2.75) is 11.7 Å². The third kappa shape index (κ3) is 2.68. The molecule has 2 unspecified atom stereocenters. The largest absolute Gasteiger partial charge is 0.467 e. The average molecular weight is 282 g/mol. The molecule has 7 heteroatoms. The Kier molecular flexibility index (Phi) is 4.95. The van der Waals surface area contributed by atoms with Gasteiger partial charge in [0.05, 0.1) is 14.2 Å². The molecular formula is C13H14O7. The fraction of sp³-hybridized carbons (Fsp3) is 0.308. The van der Waals surface area contributed by atoms with E-state index in [1.165, 1.54) is 24.3 Å². The van der Waals surface area contributed by atoms with Crippen LogP contribution in [0, 0.1) is 0 Å². The molecule has 0 fully saturated rings. The van der Waals surface area contributed by atoms with Crippen molar-refractivity contribution in [1.29, 1.82) is 0 Å². The normalized spacial score (nSPS) is 14.8. The molecule has 108 valence electrons. The van der Waals surface area contributed by atoms with Crippen molar-refractivity contribution in [1.82, 2.24) is 0 Å². The van der Waals surface area contributed by atoms with Gasteiger partial charge in [-0.05, 0) is 0 Å². The molecule has 1 rings (SSSR count). The third-order valence-corrected chi connectivity index (χ3v) is 2.70. The second-order valence-corrected chi connectivity index (χ2v) is 3.88. The summed E-state index contributed by atoms with van der Waals surface area (Å²) >= 11 is 0. The molecule has 0 aliphatic carbocycles. The van der Waals surface area contributed by atoms with Crippen molar-refractivity contribution in [3.63, 3.8) is 0 Å². The Morgan fingerprint density at radius 2 is 1.65 bits per heavy atom. The Hall–Kier alpha value is -2.25. The standard InChI is InChI=1S/C13H14O7/c1-19-11(16)10(15)13(18,12(17)20-2)9(14)8-6-4-3-5-7-8/h3-7,10,15,18H,1-2H3. The molecule has 0 aliphatic rings. The molecule has 0 bridgehead atoms. The molecule has 2 N–H and O–H groups in total. The number of aliphatic hydroxyl groups is 2. The van der Waals surface area contributed by atoms with Gasteiger partial charge in [0.1, 0.15) is 0 Å². The third-order valence-electron chi connectivity index (χ3n) is 2.70. The highest BCUT2D eigenvalue weighted by Crippen LogP contribution is 2.21. The van der Waals surface area contributed by atoms with E-state index in [4.69, 9.17) is 0 Å². The number of carbonyl (C=O) groups excluding carboxylic acids is 3. The second kappa shape index (κ2) is 6.27. The van der Waals surface area contributed by atoms with E-state index in [0.29, 0.717) is 0 Å². The number of hydrogen-bond acceptors (Lipinski definition) is 7. The predicted molar refractivity (Wildman–Crippen MR) is 65.8 cm³/mol. The van der Waals surface area contributed by atoms with Crippen LogP contribution < -0.4 is 0 Å². The van der Waals surface area contributed by atoms with Gasteiger partial charge in [-0.1, -0.05) is 30.3 Å². The van der Waals surface area contributed by atoms with Gasteiger partial charge in [-0.25, -0.2) is 9.59 Å². The molecule has 1 aromatic rings. The van der Waals surface area contributed by atoms with Crippen LogP contribution in [-0.4, -0.2) is 53.9 Å². The summed E-state index contributed by atoms with van der Waals surface area (Å²) in [5.41, 5.74) is -3.13. The summed E-state index contributed by atoms with van der Waals surface area (Å²) < 4.78 is 8.53. The zero-order chi connectivity index (χ0) is 15.3. The summed E-state index contributed by atoms with van der Waals surface area (Å²) in [6, 6.07) is 7.25. The van der Waals surface area contributed by atoms with Gasteiger partial charge in [-0.15, -0.1) is 0 Å². The van der Waals surface area contributed by atoms with Crippen LogP contribution in [0.2, 0.25) is 0 Å². The number of hydrogen-bond donors (Lipinski definition) is 2. The smallest absolute Gasteiger partial charge is 0.349 e. The van der Waals surface area contributed by atoms with E-state index in [0.717, 1.165) is 14.2 Å². The first-order valence-electron chi connectivity index (χ1n) is 5.56. The number of esters is 2. The molecular weight excluding hydrogens is 268 g/mol. The molecule has 0 aliphatic heterocycles. The molecule has 7 nitrogen and oxygen atoms in total. The number of rotatable bonds is 5. The van der Waals surface area contributed by atoms with E-state index < -0.39 is 29.4 Å². The van der Waals surface area contributed by atoms with Crippen molar-refractivity contribution in [3.05, 3.63) is 35.9 Å². The van der Waals surface area contributed by atoms with Gasteiger partial charge in [0, 0.05) is 5.56 Å². The summed E-state index contributed by atoms with van der Waals surface area (Å²) in [6.07, 6.45) is -2.40. The zero-order valence-electron chi connectivity index (χ0n) is 10.9. The fourth-order valence-corrected chi connectivity index (χ4v) is 1.58. The molecule has 0 radical (unpaired) electrons. The monoisotopic (exact) mass is 282 g/mol. The maximum atomic E-state index is 12.2. The highest BCUT2D eigenvalue weighted by Gasteiger charge is 2.55. The maximum absolute atomic E-state index is 12.2. The molecule has 0 saturated heterocycles. The summed E-state index contributed by atoms with van der Waals surface area (Å²) in [5.74, 6) is -3.95. The number of benzene rings is 1. The Bertz CT molecular complexity index is 511. The highest BCUT2D eigenvalue weighted by molar-refractivity contribution is 6.18. The molecule has 0 aromatic heterocycles. The zero-order valence-corrected chi connectivity index (χ0v) is 10.9. The van der Waals surface area contributed by atoms with Gasteiger partial charge in [0.15, 0.2) is 6.10 Å². The van der Waals surface area contributed by atoms with E-state index in [1.54, 1.807) is 6.07 Å². The van der Waals surface area contributed by atoms with E-state index in [1.807, 2.05) is 0 Å². The molecule has 0 amide bonds. The SMILES string of the molecule is COC(=O)C(O)C(O)(C(=O)OC)C(=O)c1ccccc1. The minimum Gasteiger partial charge on any atom is -0.467 e. The first-order chi connectivity index (χ1) is 9.39. The molecule has 2 atom stereocenters. The van der Waals surface area contributed by atoms with Crippen molar-refractivity contribution in [3.8, 4) is 0 Å². The molecule has 1 aromatic carbocycles.